The fraction of sp³-hybridized carbons (Fsp3) is 0.818. The summed E-state index contributed by atoms with van der Waals surface area (Å²) in [6.45, 7) is 11.4. The number of hydrogen-bond donors (Lipinski definition) is 1. The van der Waals surface area contributed by atoms with Crippen molar-refractivity contribution in [3.8, 4) is 0 Å². The van der Waals surface area contributed by atoms with Crippen molar-refractivity contribution in [2.75, 3.05) is 0 Å². The second-order valence-electron chi connectivity index (χ2n) is 4.78. The van der Waals surface area contributed by atoms with Crippen LogP contribution in [0.5, 0.6) is 0 Å². The molecule has 1 rings (SSSR count). The zero-order chi connectivity index (χ0) is 10.9. The topological polar surface area (TPSA) is 38.7 Å². The summed E-state index contributed by atoms with van der Waals surface area (Å²) >= 11 is 0. The van der Waals surface area contributed by atoms with Crippen LogP contribution >= 0.6 is 0 Å². The zero-order valence-electron chi connectivity index (χ0n) is 9.36. The van der Waals surface area contributed by atoms with Crippen LogP contribution in [0.2, 0.25) is 0 Å². The summed E-state index contributed by atoms with van der Waals surface area (Å²) in [6.07, 6.45) is 0.488. The lowest BCUT2D eigenvalue weighted by atomic mass is 10.0. The molecule has 0 bridgehead atoms. The molecule has 82 valence electrons. The SMILES string of the molecule is C=CC1OC(OC(C)(C)C)C(O)C1C. The third-order valence-electron chi connectivity index (χ3n) is 2.33. The molecule has 1 saturated heterocycles. The van der Waals surface area contributed by atoms with Crippen LogP contribution in [0.25, 0.3) is 0 Å². The van der Waals surface area contributed by atoms with Gasteiger partial charge in [-0.05, 0) is 20.8 Å². The van der Waals surface area contributed by atoms with Crippen molar-refractivity contribution in [2.24, 2.45) is 5.92 Å². The standard InChI is InChI=1S/C11H20O3/c1-6-8-7(2)9(12)10(13-8)14-11(3,4)5/h6-10,12H,1H2,2-5H3. The first-order valence-electron chi connectivity index (χ1n) is 4.99. The average Bonchev–Trinajstić information content (AvgIpc) is 2.30. The maximum Gasteiger partial charge on any atom is 0.185 e. The summed E-state index contributed by atoms with van der Waals surface area (Å²) in [4.78, 5) is 0. The second kappa shape index (κ2) is 4.01. The van der Waals surface area contributed by atoms with Gasteiger partial charge in [0.05, 0.1) is 11.7 Å². The van der Waals surface area contributed by atoms with E-state index in [1.165, 1.54) is 0 Å². The third-order valence-corrected chi connectivity index (χ3v) is 2.33. The van der Waals surface area contributed by atoms with Gasteiger partial charge >= 0.3 is 0 Å². The fourth-order valence-electron chi connectivity index (χ4n) is 1.52. The van der Waals surface area contributed by atoms with E-state index in [0.717, 1.165) is 0 Å². The molecule has 0 aromatic carbocycles. The highest BCUT2D eigenvalue weighted by Gasteiger charge is 2.41. The third kappa shape index (κ3) is 2.56. The number of aliphatic hydroxyl groups is 1. The van der Waals surface area contributed by atoms with E-state index in [2.05, 4.69) is 6.58 Å². The molecule has 4 atom stereocenters. The lowest BCUT2D eigenvalue weighted by Crippen LogP contribution is -2.35. The Morgan fingerprint density at radius 3 is 2.36 bits per heavy atom. The normalized spacial score (nSPS) is 38.6. The molecule has 3 heteroatoms. The molecule has 0 saturated carbocycles. The Bertz CT molecular complexity index is 207. The summed E-state index contributed by atoms with van der Waals surface area (Å²) in [7, 11) is 0. The highest BCUT2D eigenvalue weighted by atomic mass is 16.7. The van der Waals surface area contributed by atoms with Gasteiger partial charge in [0.15, 0.2) is 6.29 Å². The molecular weight excluding hydrogens is 180 g/mol. The van der Waals surface area contributed by atoms with E-state index >= 15 is 0 Å². The van der Waals surface area contributed by atoms with Crippen LogP contribution in [0.15, 0.2) is 12.7 Å². The monoisotopic (exact) mass is 200 g/mol. The molecule has 1 fully saturated rings. The lowest BCUT2D eigenvalue weighted by Gasteiger charge is -2.26. The van der Waals surface area contributed by atoms with Gasteiger partial charge in [-0.15, -0.1) is 6.58 Å². The molecule has 0 aromatic heterocycles. The van der Waals surface area contributed by atoms with Crippen molar-refractivity contribution >= 4 is 0 Å². The van der Waals surface area contributed by atoms with E-state index in [-0.39, 0.29) is 17.6 Å². The number of aliphatic hydroxyl groups excluding tert-OH is 1. The summed E-state index contributed by atoms with van der Waals surface area (Å²) in [5.74, 6) is 0.0415. The molecule has 1 heterocycles. The van der Waals surface area contributed by atoms with Crippen molar-refractivity contribution in [1.82, 2.24) is 0 Å². The molecule has 1 N–H and O–H groups in total. The van der Waals surface area contributed by atoms with Gasteiger partial charge in [-0.3, -0.25) is 0 Å². The molecule has 0 aliphatic carbocycles. The Hall–Kier alpha value is -0.380. The van der Waals surface area contributed by atoms with Crippen LogP contribution in [0, 0.1) is 5.92 Å². The van der Waals surface area contributed by atoms with Gasteiger partial charge in [0, 0.05) is 5.92 Å². The zero-order valence-corrected chi connectivity index (χ0v) is 9.36. The van der Waals surface area contributed by atoms with Gasteiger partial charge in [0.2, 0.25) is 0 Å². The Morgan fingerprint density at radius 2 is 2.00 bits per heavy atom. The van der Waals surface area contributed by atoms with Crippen molar-refractivity contribution in [1.29, 1.82) is 0 Å². The molecular formula is C11H20O3. The predicted octanol–water partition coefficient (Wildman–Crippen LogP) is 1.71. The smallest absolute Gasteiger partial charge is 0.185 e. The van der Waals surface area contributed by atoms with Crippen molar-refractivity contribution in [2.45, 2.75) is 51.8 Å². The van der Waals surface area contributed by atoms with E-state index in [0.29, 0.717) is 0 Å². The largest absolute Gasteiger partial charge is 0.387 e. The number of ether oxygens (including phenoxy) is 2. The second-order valence-corrected chi connectivity index (χ2v) is 4.78. The summed E-state index contributed by atoms with van der Waals surface area (Å²) in [5.41, 5.74) is -0.304. The molecule has 0 radical (unpaired) electrons. The Kier molecular flexibility index (Phi) is 3.35. The summed E-state index contributed by atoms with van der Waals surface area (Å²) in [5, 5.41) is 9.82. The Morgan fingerprint density at radius 1 is 1.43 bits per heavy atom. The number of rotatable bonds is 2. The minimum absolute atomic E-state index is 0.0415. The fourth-order valence-corrected chi connectivity index (χ4v) is 1.52. The maximum absolute atomic E-state index is 9.82. The van der Waals surface area contributed by atoms with Crippen LogP contribution in [0.1, 0.15) is 27.7 Å². The molecule has 14 heavy (non-hydrogen) atoms. The van der Waals surface area contributed by atoms with Gasteiger partial charge in [0.25, 0.3) is 0 Å². The highest BCUT2D eigenvalue weighted by molar-refractivity contribution is 4.94. The molecule has 4 unspecified atom stereocenters. The van der Waals surface area contributed by atoms with Crippen LogP contribution in [0.4, 0.5) is 0 Å². The quantitative estimate of drug-likeness (QED) is 0.690. The van der Waals surface area contributed by atoms with Crippen molar-refractivity contribution in [3.05, 3.63) is 12.7 Å². The van der Waals surface area contributed by atoms with E-state index in [4.69, 9.17) is 9.47 Å². The Balaban J connectivity index is 2.61. The summed E-state index contributed by atoms with van der Waals surface area (Å²) in [6, 6.07) is 0. The first-order valence-corrected chi connectivity index (χ1v) is 4.99. The van der Waals surface area contributed by atoms with E-state index in [1.54, 1.807) is 6.08 Å². The first kappa shape index (κ1) is 11.7. The van der Waals surface area contributed by atoms with E-state index < -0.39 is 12.4 Å². The first-order chi connectivity index (χ1) is 6.35. The minimum atomic E-state index is -0.572. The van der Waals surface area contributed by atoms with Crippen LogP contribution < -0.4 is 0 Å². The van der Waals surface area contributed by atoms with E-state index in [1.807, 2.05) is 27.7 Å². The highest BCUT2D eigenvalue weighted by Crippen LogP contribution is 2.30. The summed E-state index contributed by atoms with van der Waals surface area (Å²) < 4.78 is 11.1. The molecule has 0 spiro atoms. The van der Waals surface area contributed by atoms with Gasteiger partial charge in [0.1, 0.15) is 6.10 Å². The van der Waals surface area contributed by atoms with Crippen LogP contribution in [-0.2, 0) is 9.47 Å². The maximum atomic E-state index is 9.82. The van der Waals surface area contributed by atoms with Gasteiger partial charge in [-0.1, -0.05) is 13.0 Å². The van der Waals surface area contributed by atoms with Gasteiger partial charge in [-0.2, -0.15) is 0 Å². The molecule has 3 nitrogen and oxygen atoms in total. The van der Waals surface area contributed by atoms with Crippen LogP contribution in [0.3, 0.4) is 0 Å². The van der Waals surface area contributed by atoms with Crippen LogP contribution in [-0.4, -0.2) is 29.2 Å². The lowest BCUT2D eigenvalue weighted by molar-refractivity contribution is -0.208. The van der Waals surface area contributed by atoms with E-state index in [9.17, 15) is 5.11 Å². The average molecular weight is 200 g/mol. The van der Waals surface area contributed by atoms with Gasteiger partial charge < -0.3 is 14.6 Å². The molecule has 0 aromatic rings. The Labute approximate surface area is 85.7 Å². The predicted molar refractivity (Wildman–Crippen MR) is 54.9 cm³/mol. The molecule has 0 amide bonds. The molecule has 1 aliphatic heterocycles. The molecule has 1 aliphatic rings. The van der Waals surface area contributed by atoms with Crippen molar-refractivity contribution in [3.63, 3.8) is 0 Å². The number of hydrogen-bond acceptors (Lipinski definition) is 3. The van der Waals surface area contributed by atoms with Crippen molar-refractivity contribution < 1.29 is 14.6 Å². The van der Waals surface area contributed by atoms with Gasteiger partial charge in [-0.25, -0.2) is 0 Å². The minimum Gasteiger partial charge on any atom is -0.387 e.